The number of carbonyl (C=O) groups excluding carboxylic acids is 2. The first-order valence-electron chi connectivity index (χ1n) is 8.95. The fraction of sp³-hybridized carbons (Fsp3) is 0.350. The van der Waals surface area contributed by atoms with Crippen LogP contribution in [0.15, 0.2) is 30.5 Å². The number of fused-ring (bicyclic) bond motifs is 1. The van der Waals surface area contributed by atoms with Gasteiger partial charge < -0.3 is 19.1 Å². The fourth-order valence-electron chi connectivity index (χ4n) is 2.95. The molecule has 2 aromatic rings. The van der Waals surface area contributed by atoms with Crippen molar-refractivity contribution in [2.24, 2.45) is 0 Å². The molecule has 8 nitrogen and oxygen atoms in total. The lowest BCUT2D eigenvalue weighted by Crippen LogP contribution is -2.41. The van der Waals surface area contributed by atoms with Crippen LogP contribution in [0.25, 0.3) is 0 Å². The zero-order valence-corrected chi connectivity index (χ0v) is 16.3. The second kappa shape index (κ2) is 7.75. The van der Waals surface area contributed by atoms with Crippen LogP contribution in [0.3, 0.4) is 0 Å². The Labute approximate surface area is 162 Å². The second-order valence-corrected chi connectivity index (χ2v) is 6.70. The van der Waals surface area contributed by atoms with E-state index in [0.717, 1.165) is 5.56 Å². The normalized spacial score (nSPS) is 14.8. The molecule has 148 valence electrons. The van der Waals surface area contributed by atoms with Crippen molar-refractivity contribution in [2.75, 3.05) is 20.7 Å². The Hall–Kier alpha value is -3.29. The molecule has 0 saturated heterocycles. The second-order valence-electron chi connectivity index (χ2n) is 6.70. The molecule has 0 aliphatic carbocycles. The summed E-state index contributed by atoms with van der Waals surface area (Å²) in [6, 6.07) is 6.28. The molecule has 1 aliphatic rings. The minimum Gasteiger partial charge on any atom is -0.490 e. The number of hydrogen-bond acceptors (Lipinski definition) is 6. The van der Waals surface area contributed by atoms with E-state index in [9.17, 15) is 14.8 Å². The third kappa shape index (κ3) is 3.85. The van der Waals surface area contributed by atoms with Gasteiger partial charge in [0.1, 0.15) is 17.6 Å². The predicted molar refractivity (Wildman–Crippen MR) is 98.1 cm³/mol. The number of pyridine rings is 1. The highest BCUT2D eigenvalue weighted by atomic mass is 16.5. The topological polar surface area (TPSA) is 89.2 Å². The number of esters is 1. The van der Waals surface area contributed by atoms with Crippen molar-refractivity contribution >= 4 is 11.9 Å². The van der Waals surface area contributed by atoms with Crippen molar-refractivity contribution < 1.29 is 33.7 Å². The van der Waals surface area contributed by atoms with Crippen LogP contribution < -0.4 is 14.2 Å². The number of hydrogen-bond donors (Lipinski definition) is 1. The molecule has 0 spiro atoms. The Balaban J connectivity index is 1.95. The van der Waals surface area contributed by atoms with Crippen LogP contribution >= 0.6 is 0 Å². The van der Waals surface area contributed by atoms with Crippen molar-refractivity contribution in [3.63, 3.8) is 0 Å². The van der Waals surface area contributed by atoms with Crippen LogP contribution in [0.5, 0.6) is 17.2 Å². The maximum atomic E-state index is 12.1. The monoisotopic (exact) mass is 387 g/mol. The lowest BCUT2D eigenvalue weighted by molar-refractivity contribution is -0.906. The van der Waals surface area contributed by atoms with Gasteiger partial charge in [-0.3, -0.25) is 10.0 Å². The molecule has 28 heavy (non-hydrogen) atoms. The maximum absolute atomic E-state index is 12.1. The predicted octanol–water partition coefficient (Wildman–Crippen LogP) is 2.21. The molecule has 0 saturated carbocycles. The zero-order valence-electron chi connectivity index (χ0n) is 16.3. The van der Waals surface area contributed by atoms with Gasteiger partial charge in [0.25, 0.3) is 6.20 Å². The van der Waals surface area contributed by atoms with Gasteiger partial charge in [-0.2, -0.15) is 0 Å². The smallest absolute Gasteiger partial charge is 0.338 e. The molecule has 8 heteroatoms. The van der Waals surface area contributed by atoms with Crippen molar-refractivity contribution in [3.05, 3.63) is 47.3 Å². The van der Waals surface area contributed by atoms with Crippen LogP contribution in [0, 0.1) is 0 Å². The number of carbonyl (C=O) groups is 2. The molecule has 1 aliphatic heterocycles. The Bertz CT molecular complexity index is 925. The average Bonchev–Trinajstić information content (AvgIpc) is 3.02. The molecular weight excluding hydrogens is 364 g/mol. The molecule has 0 radical (unpaired) electrons. The van der Waals surface area contributed by atoms with E-state index in [2.05, 4.69) is 0 Å². The van der Waals surface area contributed by atoms with E-state index in [0.29, 0.717) is 34.0 Å². The SMILES string of the molecule is CCOC(=O)c1cc(Oc2ccc(C(=O)N(C)C)[n+](O)c2)c2c(c1)OC(C)C2. The van der Waals surface area contributed by atoms with E-state index in [-0.39, 0.29) is 24.3 Å². The summed E-state index contributed by atoms with van der Waals surface area (Å²) in [5.41, 5.74) is 1.25. The number of aromatic nitrogens is 1. The minimum atomic E-state index is -0.470. The number of ether oxygens (including phenoxy) is 3. The number of nitrogens with zero attached hydrogens (tertiary/aromatic N) is 2. The molecular formula is C20H23N2O6+. The molecule has 0 fully saturated rings. The summed E-state index contributed by atoms with van der Waals surface area (Å²) in [6.45, 7) is 3.92. The highest BCUT2D eigenvalue weighted by Crippen LogP contribution is 2.39. The number of amides is 1. The molecule has 1 amide bonds. The van der Waals surface area contributed by atoms with Gasteiger partial charge in [0, 0.05) is 36.9 Å². The van der Waals surface area contributed by atoms with Gasteiger partial charge in [0.05, 0.1) is 12.2 Å². The first kappa shape index (κ1) is 19.5. The molecule has 1 aromatic heterocycles. The van der Waals surface area contributed by atoms with Gasteiger partial charge in [0.15, 0.2) is 5.75 Å². The van der Waals surface area contributed by atoms with Crippen LogP contribution in [-0.2, 0) is 11.2 Å². The lowest BCUT2D eigenvalue weighted by Gasteiger charge is -2.11. The lowest BCUT2D eigenvalue weighted by atomic mass is 10.1. The van der Waals surface area contributed by atoms with Crippen LogP contribution in [0.4, 0.5) is 0 Å². The van der Waals surface area contributed by atoms with Crippen LogP contribution in [-0.4, -0.2) is 48.8 Å². The van der Waals surface area contributed by atoms with Crippen molar-refractivity contribution in [2.45, 2.75) is 26.4 Å². The quantitative estimate of drug-likeness (QED) is 0.481. The summed E-state index contributed by atoms with van der Waals surface area (Å²) >= 11 is 0. The number of rotatable bonds is 5. The van der Waals surface area contributed by atoms with E-state index in [4.69, 9.17) is 14.2 Å². The van der Waals surface area contributed by atoms with Gasteiger partial charge in [-0.1, -0.05) is 0 Å². The molecule has 2 heterocycles. The Morgan fingerprint density at radius 1 is 1.32 bits per heavy atom. The first-order valence-corrected chi connectivity index (χ1v) is 8.95. The zero-order chi connectivity index (χ0) is 20.4. The average molecular weight is 387 g/mol. The molecule has 3 rings (SSSR count). The Kier molecular flexibility index (Phi) is 5.39. The summed E-state index contributed by atoms with van der Waals surface area (Å²) in [4.78, 5) is 25.5. The van der Waals surface area contributed by atoms with Crippen molar-refractivity contribution in [3.8, 4) is 17.2 Å². The van der Waals surface area contributed by atoms with Gasteiger partial charge in [-0.15, -0.1) is 0 Å². The molecule has 1 aromatic carbocycles. The molecule has 1 unspecified atom stereocenters. The van der Waals surface area contributed by atoms with Crippen molar-refractivity contribution in [1.29, 1.82) is 0 Å². The fourth-order valence-corrected chi connectivity index (χ4v) is 2.95. The Morgan fingerprint density at radius 3 is 2.71 bits per heavy atom. The third-order valence-electron chi connectivity index (χ3n) is 4.25. The standard InChI is InChI=1S/C20H23N2O6/c1-5-26-20(24)13-9-17-15(8-12(2)27-17)18(10-13)28-14-6-7-16(22(25)11-14)19(23)21(3)4/h6-7,9-12,25H,5,8H2,1-4H3/q+1. The highest BCUT2D eigenvalue weighted by molar-refractivity contribution is 5.91. The minimum absolute atomic E-state index is 0.0438. The third-order valence-corrected chi connectivity index (χ3v) is 4.25. The molecule has 1 atom stereocenters. The number of benzene rings is 1. The summed E-state index contributed by atoms with van der Waals surface area (Å²) in [7, 11) is 3.19. The highest BCUT2D eigenvalue weighted by Gasteiger charge is 2.27. The molecule has 1 N–H and O–H groups in total. The van der Waals surface area contributed by atoms with Crippen molar-refractivity contribution in [1.82, 2.24) is 4.90 Å². The first-order chi connectivity index (χ1) is 13.3. The summed E-state index contributed by atoms with van der Waals surface area (Å²) in [5.74, 6) is 0.505. The van der Waals surface area contributed by atoms with E-state index >= 15 is 0 Å². The van der Waals surface area contributed by atoms with Gasteiger partial charge in [-0.05, 0) is 32.0 Å². The maximum Gasteiger partial charge on any atom is 0.338 e. The van der Waals surface area contributed by atoms with E-state index < -0.39 is 5.97 Å². The largest absolute Gasteiger partial charge is 0.490 e. The van der Waals surface area contributed by atoms with E-state index in [1.807, 2.05) is 6.92 Å². The van der Waals surface area contributed by atoms with Gasteiger partial charge in [0.2, 0.25) is 0 Å². The summed E-state index contributed by atoms with van der Waals surface area (Å²) < 4.78 is 17.5. The summed E-state index contributed by atoms with van der Waals surface area (Å²) in [5, 5.41) is 10.1. The van der Waals surface area contributed by atoms with Crippen LogP contribution in [0.2, 0.25) is 0 Å². The van der Waals surface area contributed by atoms with Gasteiger partial charge >= 0.3 is 17.6 Å². The van der Waals surface area contributed by atoms with E-state index in [1.54, 1.807) is 39.2 Å². The van der Waals surface area contributed by atoms with Gasteiger partial charge in [-0.25, -0.2) is 4.79 Å². The van der Waals surface area contributed by atoms with Crippen LogP contribution in [0.1, 0.15) is 40.3 Å². The molecule has 0 bridgehead atoms. The summed E-state index contributed by atoms with van der Waals surface area (Å²) in [6.07, 6.45) is 1.88. The van der Waals surface area contributed by atoms with E-state index in [1.165, 1.54) is 17.2 Å². The Morgan fingerprint density at radius 2 is 2.07 bits per heavy atom.